The van der Waals surface area contributed by atoms with Crippen LogP contribution in [-0.4, -0.2) is 52.7 Å². The number of hydrogen-bond donors (Lipinski definition) is 2. The highest BCUT2D eigenvalue weighted by Gasteiger charge is 2.35. The molecule has 0 spiro atoms. The van der Waals surface area contributed by atoms with Crippen LogP contribution in [-0.2, 0) is 16.6 Å². The first-order valence-corrected chi connectivity index (χ1v) is 11.4. The number of nitrogens with one attached hydrogen (secondary N) is 2. The van der Waals surface area contributed by atoms with Gasteiger partial charge in [-0.1, -0.05) is 24.3 Å². The molecular weight excluding hydrogens is 406 g/mol. The summed E-state index contributed by atoms with van der Waals surface area (Å²) in [5, 5.41) is 6.86. The zero-order valence-corrected chi connectivity index (χ0v) is 19.0. The summed E-state index contributed by atoms with van der Waals surface area (Å²) in [7, 11) is 1.71. The van der Waals surface area contributed by atoms with Crippen LogP contribution in [0.25, 0.3) is 0 Å². The predicted octanol–water partition coefficient (Wildman–Crippen LogP) is 3.27. The summed E-state index contributed by atoms with van der Waals surface area (Å²) in [6.45, 7) is 6.10. The SMILES string of the molecule is CCNC(=NCC1(c2ccc3c(c2)OCO3)CCOCC1)NCCc1ccccc1OC. The third kappa shape index (κ3) is 5.10. The van der Waals surface area contributed by atoms with Gasteiger partial charge in [0.2, 0.25) is 6.79 Å². The fourth-order valence-electron chi connectivity index (χ4n) is 4.32. The number of methoxy groups -OCH3 is 1. The van der Waals surface area contributed by atoms with Crippen molar-refractivity contribution in [2.75, 3.05) is 46.8 Å². The van der Waals surface area contributed by atoms with E-state index in [2.05, 4.69) is 35.8 Å². The van der Waals surface area contributed by atoms with Gasteiger partial charge in [0, 0.05) is 31.7 Å². The summed E-state index contributed by atoms with van der Waals surface area (Å²) in [5.41, 5.74) is 2.34. The predicted molar refractivity (Wildman–Crippen MR) is 125 cm³/mol. The van der Waals surface area contributed by atoms with E-state index in [1.807, 2.05) is 24.3 Å². The molecule has 0 atom stereocenters. The second-order valence-electron chi connectivity index (χ2n) is 8.14. The molecule has 0 radical (unpaired) electrons. The van der Waals surface area contributed by atoms with Crippen molar-refractivity contribution in [1.29, 1.82) is 0 Å². The fourth-order valence-corrected chi connectivity index (χ4v) is 4.32. The van der Waals surface area contributed by atoms with Gasteiger partial charge in [-0.3, -0.25) is 4.99 Å². The average molecular weight is 440 g/mol. The van der Waals surface area contributed by atoms with Gasteiger partial charge in [0.15, 0.2) is 17.5 Å². The van der Waals surface area contributed by atoms with Gasteiger partial charge in [-0.2, -0.15) is 0 Å². The minimum atomic E-state index is -0.0791. The Kier molecular flexibility index (Phi) is 7.37. The summed E-state index contributed by atoms with van der Waals surface area (Å²) in [5.74, 6) is 3.37. The van der Waals surface area contributed by atoms with Crippen molar-refractivity contribution in [3.63, 3.8) is 0 Å². The van der Waals surface area contributed by atoms with Crippen molar-refractivity contribution in [1.82, 2.24) is 10.6 Å². The number of hydrogen-bond acceptors (Lipinski definition) is 5. The van der Waals surface area contributed by atoms with Crippen LogP contribution in [0.2, 0.25) is 0 Å². The quantitative estimate of drug-likeness (QED) is 0.486. The van der Waals surface area contributed by atoms with E-state index in [1.165, 1.54) is 11.1 Å². The van der Waals surface area contributed by atoms with Crippen LogP contribution < -0.4 is 24.8 Å². The summed E-state index contributed by atoms with van der Waals surface area (Å²) < 4.78 is 22.3. The third-order valence-corrected chi connectivity index (χ3v) is 6.20. The van der Waals surface area contributed by atoms with Crippen molar-refractivity contribution < 1.29 is 18.9 Å². The number of guanidine groups is 1. The maximum Gasteiger partial charge on any atom is 0.231 e. The molecule has 1 fully saturated rings. The lowest BCUT2D eigenvalue weighted by atomic mass is 9.74. The molecule has 2 heterocycles. The Hall–Kier alpha value is -2.93. The van der Waals surface area contributed by atoms with E-state index in [-0.39, 0.29) is 12.2 Å². The Labute approximate surface area is 190 Å². The van der Waals surface area contributed by atoms with E-state index < -0.39 is 0 Å². The van der Waals surface area contributed by atoms with Crippen LogP contribution in [0.3, 0.4) is 0 Å². The smallest absolute Gasteiger partial charge is 0.231 e. The van der Waals surface area contributed by atoms with Crippen LogP contribution in [0.1, 0.15) is 30.9 Å². The Morgan fingerprint density at radius 2 is 1.88 bits per heavy atom. The van der Waals surface area contributed by atoms with Gasteiger partial charge in [-0.15, -0.1) is 0 Å². The molecule has 172 valence electrons. The monoisotopic (exact) mass is 439 g/mol. The molecule has 0 aliphatic carbocycles. The van der Waals surface area contributed by atoms with Gasteiger partial charge in [0.25, 0.3) is 0 Å². The maximum absolute atomic E-state index is 5.68. The zero-order valence-electron chi connectivity index (χ0n) is 19.0. The second-order valence-corrected chi connectivity index (χ2v) is 8.14. The van der Waals surface area contributed by atoms with Crippen LogP contribution in [0.4, 0.5) is 0 Å². The zero-order chi connectivity index (χ0) is 22.2. The summed E-state index contributed by atoms with van der Waals surface area (Å²) >= 11 is 0. The molecule has 7 nitrogen and oxygen atoms in total. The van der Waals surface area contributed by atoms with Gasteiger partial charge >= 0.3 is 0 Å². The number of nitrogens with zero attached hydrogens (tertiary/aromatic N) is 1. The molecule has 2 N–H and O–H groups in total. The molecule has 0 saturated carbocycles. The molecule has 2 aromatic rings. The summed E-state index contributed by atoms with van der Waals surface area (Å²) in [4.78, 5) is 4.99. The Morgan fingerprint density at radius 3 is 2.69 bits per heavy atom. The largest absolute Gasteiger partial charge is 0.496 e. The molecule has 0 amide bonds. The first-order valence-electron chi connectivity index (χ1n) is 11.4. The van der Waals surface area contributed by atoms with Gasteiger partial charge in [0.05, 0.1) is 13.7 Å². The molecule has 2 aliphatic heterocycles. The number of ether oxygens (including phenoxy) is 4. The molecule has 1 saturated heterocycles. The van der Waals surface area contributed by atoms with E-state index in [0.717, 1.165) is 68.8 Å². The van der Waals surface area contributed by atoms with Crippen molar-refractivity contribution in [3.05, 3.63) is 53.6 Å². The topological polar surface area (TPSA) is 73.3 Å². The first kappa shape index (κ1) is 22.3. The maximum atomic E-state index is 5.68. The highest BCUT2D eigenvalue weighted by Crippen LogP contribution is 2.41. The van der Waals surface area contributed by atoms with Gasteiger partial charge in [-0.05, 0) is 55.5 Å². The van der Waals surface area contributed by atoms with Crippen molar-refractivity contribution in [2.24, 2.45) is 4.99 Å². The van der Waals surface area contributed by atoms with Gasteiger partial charge < -0.3 is 29.6 Å². The van der Waals surface area contributed by atoms with Crippen molar-refractivity contribution in [2.45, 2.75) is 31.6 Å². The Morgan fingerprint density at radius 1 is 1.06 bits per heavy atom. The Balaban J connectivity index is 1.46. The standard InChI is InChI=1S/C25H33N3O4/c1-3-26-24(27-13-10-19-6-4-5-7-21(19)29-2)28-17-25(11-14-30-15-12-25)20-8-9-22-23(16-20)32-18-31-22/h4-9,16H,3,10-15,17-18H2,1-2H3,(H2,26,27,28). The molecule has 2 aromatic carbocycles. The van der Waals surface area contributed by atoms with Crippen LogP contribution in [0.15, 0.2) is 47.5 Å². The third-order valence-electron chi connectivity index (χ3n) is 6.20. The second kappa shape index (κ2) is 10.6. The van der Waals surface area contributed by atoms with Gasteiger partial charge in [-0.25, -0.2) is 0 Å². The minimum Gasteiger partial charge on any atom is -0.496 e. The molecule has 4 rings (SSSR count). The summed E-state index contributed by atoms with van der Waals surface area (Å²) in [6, 6.07) is 14.4. The van der Waals surface area contributed by atoms with E-state index in [1.54, 1.807) is 7.11 Å². The Bertz CT molecular complexity index is 925. The number of aliphatic imine (C=N–C) groups is 1. The van der Waals surface area contributed by atoms with Crippen molar-refractivity contribution in [3.8, 4) is 17.2 Å². The molecular formula is C25H33N3O4. The van der Waals surface area contributed by atoms with Crippen LogP contribution >= 0.6 is 0 Å². The lowest BCUT2D eigenvalue weighted by Crippen LogP contribution is -2.41. The normalized spacial score (nSPS) is 17.1. The fraction of sp³-hybridized carbons (Fsp3) is 0.480. The van der Waals surface area contributed by atoms with E-state index in [0.29, 0.717) is 6.54 Å². The molecule has 0 unspecified atom stereocenters. The van der Waals surface area contributed by atoms with E-state index in [4.69, 9.17) is 23.9 Å². The highest BCUT2D eigenvalue weighted by molar-refractivity contribution is 5.79. The van der Waals surface area contributed by atoms with Crippen LogP contribution in [0, 0.1) is 0 Å². The average Bonchev–Trinajstić information content (AvgIpc) is 3.31. The lowest BCUT2D eigenvalue weighted by molar-refractivity contribution is 0.0530. The molecule has 7 heteroatoms. The number of para-hydroxylation sites is 1. The van der Waals surface area contributed by atoms with Gasteiger partial charge in [0.1, 0.15) is 5.75 Å². The molecule has 0 aromatic heterocycles. The number of benzene rings is 2. The molecule has 2 aliphatic rings. The number of fused-ring (bicyclic) bond motifs is 1. The lowest BCUT2D eigenvalue weighted by Gasteiger charge is -2.36. The van der Waals surface area contributed by atoms with E-state index in [9.17, 15) is 0 Å². The first-order chi connectivity index (χ1) is 15.7. The van der Waals surface area contributed by atoms with Crippen LogP contribution in [0.5, 0.6) is 17.2 Å². The number of rotatable bonds is 8. The minimum absolute atomic E-state index is 0.0791. The van der Waals surface area contributed by atoms with Crippen molar-refractivity contribution >= 4 is 5.96 Å². The molecule has 32 heavy (non-hydrogen) atoms. The highest BCUT2D eigenvalue weighted by atomic mass is 16.7. The molecule has 0 bridgehead atoms. The summed E-state index contributed by atoms with van der Waals surface area (Å²) in [6.07, 6.45) is 2.71. The van der Waals surface area contributed by atoms with E-state index >= 15 is 0 Å².